The third kappa shape index (κ3) is 4.58. The number of hydrogen-bond donors (Lipinski definition) is 1. The quantitative estimate of drug-likeness (QED) is 0.472. The largest absolute Gasteiger partial charge is 0.444 e. The van der Waals surface area contributed by atoms with E-state index in [1.165, 1.54) is 5.56 Å². The Bertz CT molecular complexity index is 1320. The number of aliphatic hydroxyl groups is 1. The van der Waals surface area contributed by atoms with Crippen molar-refractivity contribution in [1.82, 2.24) is 9.88 Å². The van der Waals surface area contributed by atoms with Crippen LogP contribution >= 0.6 is 11.3 Å². The van der Waals surface area contributed by atoms with Crippen molar-refractivity contribution in [2.75, 3.05) is 24.5 Å². The first-order valence-electron chi connectivity index (χ1n) is 12.0. The Hall–Kier alpha value is -3.15. The smallest absolute Gasteiger partial charge is 0.410 e. The van der Waals surface area contributed by atoms with E-state index in [2.05, 4.69) is 14.7 Å². The average molecular weight is 491 g/mol. The molecule has 1 saturated heterocycles. The first kappa shape index (κ1) is 23.6. The van der Waals surface area contributed by atoms with Gasteiger partial charge in [0.2, 0.25) is 0 Å². The molecule has 2 aliphatic heterocycles. The SMILES string of the molecule is [C-]#[N+]c1cc2c(c(-c3ccnc4cc(CO)sc34)c1)N([C@H]1CCN(C(=O)OC(C)(C)C)C1)CCC2. The molecule has 4 heterocycles. The molecule has 1 N–H and O–H groups in total. The van der Waals surface area contributed by atoms with Crippen LogP contribution in [-0.2, 0) is 17.8 Å². The molecule has 0 saturated carbocycles. The molecule has 7 nitrogen and oxygen atoms in total. The zero-order valence-corrected chi connectivity index (χ0v) is 21.2. The van der Waals surface area contributed by atoms with Gasteiger partial charge in [-0.3, -0.25) is 4.98 Å². The number of aliphatic hydroxyl groups excluding tert-OH is 1. The number of benzene rings is 1. The van der Waals surface area contributed by atoms with E-state index in [1.807, 2.05) is 49.9 Å². The summed E-state index contributed by atoms with van der Waals surface area (Å²) in [5.74, 6) is 0. The number of rotatable bonds is 3. The summed E-state index contributed by atoms with van der Waals surface area (Å²) in [6.07, 6.45) is 4.35. The molecule has 0 aliphatic carbocycles. The minimum Gasteiger partial charge on any atom is -0.444 e. The van der Waals surface area contributed by atoms with Crippen molar-refractivity contribution in [3.63, 3.8) is 0 Å². The fourth-order valence-corrected chi connectivity index (χ4v) is 6.16. The van der Waals surface area contributed by atoms with Gasteiger partial charge in [0, 0.05) is 48.0 Å². The maximum absolute atomic E-state index is 12.7. The summed E-state index contributed by atoms with van der Waals surface area (Å²) in [5.41, 5.74) is 5.38. The van der Waals surface area contributed by atoms with Crippen LogP contribution in [0.25, 0.3) is 26.2 Å². The Morgan fingerprint density at radius 2 is 2.11 bits per heavy atom. The number of aromatic nitrogens is 1. The number of nitrogens with zero attached hydrogens (tertiary/aromatic N) is 4. The second-order valence-electron chi connectivity index (χ2n) is 10.2. The molecular weight excluding hydrogens is 460 g/mol. The lowest BCUT2D eigenvalue weighted by Crippen LogP contribution is -2.43. The van der Waals surface area contributed by atoms with Crippen LogP contribution in [0.15, 0.2) is 30.5 Å². The van der Waals surface area contributed by atoms with E-state index in [4.69, 9.17) is 11.3 Å². The van der Waals surface area contributed by atoms with Crippen molar-refractivity contribution in [2.45, 2.75) is 58.3 Å². The van der Waals surface area contributed by atoms with E-state index < -0.39 is 5.60 Å². The van der Waals surface area contributed by atoms with E-state index in [1.54, 1.807) is 17.5 Å². The maximum atomic E-state index is 12.7. The van der Waals surface area contributed by atoms with Gasteiger partial charge in [-0.25, -0.2) is 9.64 Å². The van der Waals surface area contributed by atoms with E-state index in [-0.39, 0.29) is 18.7 Å². The van der Waals surface area contributed by atoms with Gasteiger partial charge in [-0.05, 0) is 69.4 Å². The van der Waals surface area contributed by atoms with Gasteiger partial charge >= 0.3 is 6.09 Å². The first-order chi connectivity index (χ1) is 16.8. The number of aryl methyl sites for hydroxylation is 1. The summed E-state index contributed by atoms with van der Waals surface area (Å²) in [6, 6.07) is 8.13. The normalized spacial score (nSPS) is 18.0. The summed E-state index contributed by atoms with van der Waals surface area (Å²) >= 11 is 1.55. The second-order valence-corrected chi connectivity index (χ2v) is 11.4. The van der Waals surface area contributed by atoms with Crippen molar-refractivity contribution in [1.29, 1.82) is 0 Å². The number of carbonyl (C=O) groups excluding carboxylic acids is 1. The lowest BCUT2D eigenvalue weighted by molar-refractivity contribution is 0.0292. The van der Waals surface area contributed by atoms with E-state index in [0.29, 0.717) is 18.8 Å². The van der Waals surface area contributed by atoms with Gasteiger partial charge in [0.15, 0.2) is 5.69 Å². The zero-order valence-electron chi connectivity index (χ0n) is 20.4. The molecule has 1 atom stereocenters. The molecule has 0 radical (unpaired) electrons. The van der Waals surface area contributed by atoms with Gasteiger partial charge in [-0.1, -0.05) is 6.07 Å². The minimum atomic E-state index is -0.517. The summed E-state index contributed by atoms with van der Waals surface area (Å²) in [6.45, 7) is 15.5. The maximum Gasteiger partial charge on any atom is 0.410 e. The highest BCUT2D eigenvalue weighted by Gasteiger charge is 2.36. The summed E-state index contributed by atoms with van der Waals surface area (Å²) in [7, 11) is 0. The highest BCUT2D eigenvalue weighted by Crippen LogP contribution is 2.45. The molecule has 3 aromatic rings. The summed E-state index contributed by atoms with van der Waals surface area (Å²) < 4.78 is 6.64. The lowest BCUT2D eigenvalue weighted by atomic mass is 9.92. The van der Waals surface area contributed by atoms with Crippen molar-refractivity contribution in [3.05, 3.63) is 52.3 Å². The van der Waals surface area contributed by atoms with E-state index in [9.17, 15) is 9.90 Å². The highest BCUT2D eigenvalue weighted by molar-refractivity contribution is 7.19. The van der Waals surface area contributed by atoms with Gasteiger partial charge in [0.05, 0.1) is 23.4 Å². The Morgan fingerprint density at radius 1 is 1.29 bits per heavy atom. The van der Waals surface area contributed by atoms with Crippen LogP contribution in [0.3, 0.4) is 0 Å². The van der Waals surface area contributed by atoms with Crippen molar-refractivity contribution < 1.29 is 14.6 Å². The van der Waals surface area contributed by atoms with Gasteiger partial charge in [-0.15, -0.1) is 11.3 Å². The molecular formula is C27H30N4O3S. The van der Waals surface area contributed by atoms with Crippen LogP contribution < -0.4 is 4.90 Å². The Kier molecular flexibility index (Phi) is 6.16. The van der Waals surface area contributed by atoms with E-state index >= 15 is 0 Å². The number of carbonyl (C=O) groups is 1. The number of anilines is 1. The number of thiophene rings is 1. The average Bonchev–Trinajstić information content (AvgIpc) is 3.49. The van der Waals surface area contributed by atoms with Crippen molar-refractivity contribution >= 4 is 39.0 Å². The van der Waals surface area contributed by atoms with Crippen LogP contribution in [-0.4, -0.2) is 52.4 Å². The number of fused-ring (bicyclic) bond motifs is 2. The van der Waals surface area contributed by atoms with Crippen LogP contribution in [0, 0.1) is 6.57 Å². The zero-order chi connectivity index (χ0) is 24.7. The molecule has 5 rings (SSSR count). The van der Waals surface area contributed by atoms with Gasteiger partial charge in [-0.2, -0.15) is 0 Å². The van der Waals surface area contributed by atoms with E-state index in [0.717, 1.165) is 57.7 Å². The van der Waals surface area contributed by atoms with Gasteiger partial charge in [0.25, 0.3) is 0 Å². The molecule has 1 aromatic carbocycles. The van der Waals surface area contributed by atoms with Gasteiger partial charge < -0.3 is 19.6 Å². The molecule has 182 valence electrons. The Morgan fingerprint density at radius 3 is 2.86 bits per heavy atom. The van der Waals surface area contributed by atoms with Crippen LogP contribution in [0.1, 0.15) is 44.1 Å². The van der Waals surface area contributed by atoms with Crippen molar-refractivity contribution in [2.24, 2.45) is 0 Å². The number of hydrogen-bond acceptors (Lipinski definition) is 6. The van der Waals surface area contributed by atoms with Crippen LogP contribution in [0.4, 0.5) is 16.2 Å². The third-order valence-corrected chi connectivity index (χ3v) is 7.74. The Labute approximate surface area is 209 Å². The number of amides is 1. The fourth-order valence-electron chi connectivity index (χ4n) is 5.16. The summed E-state index contributed by atoms with van der Waals surface area (Å²) in [4.78, 5) is 26.1. The number of likely N-dealkylation sites (tertiary alicyclic amines) is 1. The number of pyridine rings is 1. The monoisotopic (exact) mass is 490 g/mol. The van der Waals surface area contributed by atoms with Crippen LogP contribution in [0.2, 0.25) is 0 Å². The highest BCUT2D eigenvalue weighted by atomic mass is 32.1. The molecule has 2 aliphatic rings. The second kappa shape index (κ2) is 9.14. The molecule has 1 fully saturated rings. The molecule has 0 unspecified atom stereocenters. The predicted octanol–water partition coefficient (Wildman–Crippen LogP) is 5.77. The van der Waals surface area contributed by atoms with Crippen LogP contribution in [0.5, 0.6) is 0 Å². The topological polar surface area (TPSA) is 70.3 Å². The Balaban J connectivity index is 1.56. The van der Waals surface area contributed by atoms with Crippen molar-refractivity contribution in [3.8, 4) is 11.1 Å². The molecule has 1 amide bonds. The first-order valence-corrected chi connectivity index (χ1v) is 12.9. The van der Waals surface area contributed by atoms with Gasteiger partial charge in [0.1, 0.15) is 5.60 Å². The minimum absolute atomic E-state index is 0.0185. The lowest BCUT2D eigenvalue weighted by Gasteiger charge is -2.38. The molecule has 0 spiro atoms. The molecule has 2 aromatic heterocycles. The molecule has 0 bridgehead atoms. The molecule has 8 heteroatoms. The fraction of sp³-hybridized carbons (Fsp3) is 0.444. The standard InChI is InChI=1S/C27H30N4O3S/c1-27(2,3)34-26(33)30-11-8-19(15-30)31-10-5-6-17-12-18(28-4)13-22(24(17)31)21-7-9-29-23-14-20(16-32)35-25(21)23/h7,9,12-14,19,32H,5-6,8,10-11,15-16H2,1-3H3/t19-/m0/s1. The third-order valence-electron chi connectivity index (χ3n) is 6.60. The predicted molar refractivity (Wildman–Crippen MR) is 139 cm³/mol. The number of ether oxygens (including phenoxy) is 1. The molecule has 35 heavy (non-hydrogen) atoms. The summed E-state index contributed by atoms with van der Waals surface area (Å²) in [5, 5.41) is 9.69.